The number of anilines is 2. The first kappa shape index (κ1) is 16.6. The van der Waals surface area contributed by atoms with Crippen LogP contribution in [0.4, 0.5) is 15.8 Å². The van der Waals surface area contributed by atoms with E-state index in [1.807, 2.05) is 31.2 Å². The second kappa shape index (κ2) is 6.80. The SMILES string of the molecule is Cc1[nH]c2ccc(F)cc2c1C(=O)Nc1ccccc1N1CCOCC1. The van der Waals surface area contributed by atoms with Gasteiger partial charge in [0.15, 0.2) is 0 Å². The number of aromatic nitrogens is 1. The predicted molar refractivity (Wildman–Crippen MR) is 100 cm³/mol. The molecule has 1 aromatic heterocycles. The molecule has 0 aliphatic carbocycles. The fourth-order valence-electron chi connectivity index (χ4n) is 3.44. The van der Waals surface area contributed by atoms with E-state index in [-0.39, 0.29) is 11.7 Å². The van der Waals surface area contributed by atoms with Gasteiger partial charge in [0.05, 0.1) is 30.2 Å². The molecule has 0 bridgehead atoms. The van der Waals surface area contributed by atoms with Crippen molar-refractivity contribution in [2.75, 3.05) is 36.5 Å². The Labute approximate surface area is 150 Å². The Kier molecular flexibility index (Phi) is 4.34. The minimum Gasteiger partial charge on any atom is -0.378 e. The Morgan fingerprint density at radius 1 is 1.19 bits per heavy atom. The standard InChI is InChI=1S/C20H20FN3O2/c1-13-19(15-12-14(21)6-7-16(15)22-13)20(25)23-17-4-2-3-5-18(17)24-8-10-26-11-9-24/h2-7,12,22H,8-11H2,1H3,(H,23,25). The number of benzene rings is 2. The van der Waals surface area contributed by atoms with Crippen LogP contribution in [0, 0.1) is 12.7 Å². The van der Waals surface area contributed by atoms with E-state index in [0.717, 1.165) is 30.0 Å². The van der Waals surface area contributed by atoms with Crippen molar-refractivity contribution in [1.82, 2.24) is 4.98 Å². The first-order chi connectivity index (χ1) is 12.6. The summed E-state index contributed by atoms with van der Waals surface area (Å²) in [7, 11) is 0. The summed E-state index contributed by atoms with van der Waals surface area (Å²) in [5.74, 6) is -0.612. The number of hydrogen-bond donors (Lipinski definition) is 2. The van der Waals surface area contributed by atoms with Crippen molar-refractivity contribution in [1.29, 1.82) is 0 Å². The van der Waals surface area contributed by atoms with Crippen LogP contribution in [0.5, 0.6) is 0 Å². The summed E-state index contributed by atoms with van der Waals surface area (Å²) in [6.45, 7) is 4.72. The van der Waals surface area contributed by atoms with Gasteiger partial charge in [-0.15, -0.1) is 0 Å². The van der Waals surface area contributed by atoms with Gasteiger partial charge in [0.25, 0.3) is 5.91 Å². The van der Waals surface area contributed by atoms with Gasteiger partial charge in [0, 0.05) is 29.7 Å². The molecule has 0 saturated carbocycles. The number of carbonyl (C=O) groups is 1. The summed E-state index contributed by atoms with van der Waals surface area (Å²) in [6.07, 6.45) is 0. The number of rotatable bonds is 3. The van der Waals surface area contributed by atoms with Crippen LogP contribution in [0.3, 0.4) is 0 Å². The van der Waals surface area contributed by atoms with Crippen LogP contribution in [0.2, 0.25) is 0 Å². The van der Waals surface area contributed by atoms with E-state index < -0.39 is 0 Å². The first-order valence-corrected chi connectivity index (χ1v) is 8.64. The van der Waals surface area contributed by atoms with Crippen LogP contribution in [-0.4, -0.2) is 37.2 Å². The van der Waals surface area contributed by atoms with Crippen molar-refractivity contribution < 1.29 is 13.9 Å². The average molecular weight is 353 g/mol. The number of morpholine rings is 1. The lowest BCUT2D eigenvalue weighted by molar-refractivity contribution is 0.102. The van der Waals surface area contributed by atoms with Gasteiger partial charge >= 0.3 is 0 Å². The van der Waals surface area contributed by atoms with E-state index in [2.05, 4.69) is 15.2 Å². The third-order valence-electron chi connectivity index (χ3n) is 4.68. The summed E-state index contributed by atoms with van der Waals surface area (Å²) in [5.41, 5.74) is 3.64. The van der Waals surface area contributed by atoms with E-state index in [4.69, 9.17) is 4.74 Å². The third kappa shape index (κ3) is 3.04. The molecular formula is C20H20FN3O2. The molecule has 1 fully saturated rings. The molecule has 134 valence electrons. The molecule has 1 aliphatic heterocycles. The normalized spacial score (nSPS) is 14.6. The van der Waals surface area contributed by atoms with E-state index in [9.17, 15) is 9.18 Å². The van der Waals surface area contributed by atoms with E-state index in [0.29, 0.717) is 29.9 Å². The molecule has 1 amide bonds. The number of para-hydroxylation sites is 2. The van der Waals surface area contributed by atoms with Crippen molar-refractivity contribution in [3.8, 4) is 0 Å². The Bertz CT molecular complexity index is 961. The molecule has 0 unspecified atom stereocenters. The highest BCUT2D eigenvalue weighted by Gasteiger charge is 2.20. The summed E-state index contributed by atoms with van der Waals surface area (Å²) in [6, 6.07) is 12.1. The highest BCUT2D eigenvalue weighted by atomic mass is 19.1. The molecule has 3 aromatic rings. The third-order valence-corrected chi connectivity index (χ3v) is 4.68. The fraction of sp³-hybridized carbons (Fsp3) is 0.250. The van der Waals surface area contributed by atoms with Gasteiger partial charge in [-0.3, -0.25) is 4.79 Å². The topological polar surface area (TPSA) is 57.4 Å². The smallest absolute Gasteiger partial charge is 0.258 e. The number of hydrogen-bond acceptors (Lipinski definition) is 3. The van der Waals surface area contributed by atoms with Gasteiger partial charge in [-0.2, -0.15) is 0 Å². The van der Waals surface area contributed by atoms with Crippen molar-refractivity contribution in [2.45, 2.75) is 6.92 Å². The van der Waals surface area contributed by atoms with Gasteiger partial charge < -0.3 is 19.9 Å². The van der Waals surface area contributed by atoms with Gasteiger partial charge in [-0.1, -0.05) is 12.1 Å². The van der Waals surface area contributed by atoms with Crippen molar-refractivity contribution >= 4 is 28.2 Å². The quantitative estimate of drug-likeness (QED) is 0.755. The molecule has 6 heteroatoms. The van der Waals surface area contributed by atoms with Crippen LogP contribution in [0.15, 0.2) is 42.5 Å². The van der Waals surface area contributed by atoms with Crippen molar-refractivity contribution in [3.05, 3.63) is 59.5 Å². The van der Waals surface area contributed by atoms with Crippen LogP contribution < -0.4 is 10.2 Å². The highest BCUT2D eigenvalue weighted by Crippen LogP contribution is 2.29. The molecule has 4 rings (SSSR count). The molecule has 0 radical (unpaired) electrons. The molecule has 0 atom stereocenters. The molecule has 2 aromatic carbocycles. The number of carbonyl (C=O) groups excluding carboxylic acids is 1. The van der Waals surface area contributed by atoms with Gasteiger partial charge in [-0.05, 0) is 37.3 Å². The Balaban J connectivity index is 1.67. The molecule has 0 spiro atoms. The summed E-state index contributed by atoms with van der Waals surface area (Å²) in [4.78, 5) is 18.3. The number of H-pyrrole nitrogens is 1. The van der Waals surface area contributed by atoms with Crippen LogP contribution in [0.1, 0.15) is 16.1 Å². The minimum absolute atomic E-state index is 0.250. The maximum Gasteiger partial charge on any atom is 0.258 e. The minimum atomic E-state index is -0.362. The lowest BCUT2D eigenvalue weighted by atomic mass is 10.1. The molecule has 2 N–H and O–H groups in total. The van der Waals surface area contributed by atoms with Crippen LogP contribution >= 0.6 is 0 Å². The second-order valence-electron chi connectivity index (χ2n) is 6.39. The average Bonchev–Trinajstić information content (AvgIpc) is 2.98. The number of ether oxygens (including phenoxy) is 1. The molecular weight excluding hydrogens is 333 g/mol. The second-order valence-corrected chi connectivity index (χ2v) is 6.39. The predicted octanol–water partition coefficient (Wildman–Crippen LogP) is 3.70. The van der Waals surface area contributed by atoms with Crippen LogP contribution in [0.25, 0.3) is 10.9 Å². The van der Waals surface area contributed by atoms with Crippen LogP contribution in [-0.2, 0) is 4.74 Å². The monoisotopic (exact) mass is 353 g/mol. The lowest BCUT2D eigenvalue weighted by Gasteiger charge is -2.30. The van der Waals surface area contributed by atoms with E-state index in [1.54, 1.807) is 6.07 Å². The zero-order valence-corrected chi connectivity index (χ0v) is 14.5. The number of nitrogens with zero attached hydrogens (tertiary/aromatic N) is 1. The molecule has 2 heterocycles. The number of aryl methyl sites for hydroxylation is 1. The summed E-state index contributed by atoms with van der Waals surface area (Å²) >= 11 is 0. The fourth-order valence-corrected chi connectivity index (χ4v) is 3.44. The van der Waals surface area contributed by atoms with Gasteiger partial charge in [0.1, 0.15) is 5.82 Å². The number of aromatic amines is 1. The summed E-state index contributed by atoms with van der Waals surface area (Å²) in [5, 5.41) is 3.59. The van der Waals surface area contributed by atoms with Gasteiger partial charge in [-0.25, -0.2) is 4.39 Å². The molecule has 1 saturated heterocycles. The van der Waals surface area contributed by atoms with E-state index in [1.165, 1.54) is 12.1 Å². The largest absolute Gasteiger partial charge is 0.378 e. The van der Waals surface area contributed by atoms with Crippen molar-refractivity contribution in [2.24, 2.45) is 0 Å². The zero-order chi connectivity index (χ0) is 18.1. The Morgan fingerprint density at radius 3 is 2.77 bits per heavy atom. The summed E-state index contributed by atoms with van der Waals surface area (Å²) < 4.78 is 19.1. The van der Waals surface area contributed by atoms with Gasteiger partial charge in [0.2, 0.25) is 0 Å². The number of amides is 1. The Morgan fingerprint density at radius 2 is 1.96 bits per heavy atom. The van der Waals surface area contributed by atoms with Crippen molar-refractivity contribution in [3.63, 3.8) is 0 Å². The molecule has 1 aliphatic rings. The first-order valence-electron chi connectivity index (χ1n) is 8.64. The lowest BCUT2D eigenvalue weighted by Crippen LogP contribution is -2.36. The molecule has 26 heavy (non-hydrogen) atoms. The maximum atomic E-state index is 13.7. The number of fused-ring (bicyclic) bond motifs is 1. The number of nitrogens with one attached hydrogen (secondary N) is 2. The van der Waals surface area contributed by atoms with E-state index >= 15 is 0 Å². The zero-order valence-electron chi connectivity index (χ0n) is 14.5. The molecule has 5 nitrogen and oxygen atoms in total. The maximum absolute atomic E-state index is 13.7. The Hall–Kier alpha value is -2.86. The highest BCUT2D eigenvalue weighted by molar-refractivity contribution is 6.14. The number of halogens is 1.